The highest BCUT2D eigenvalue weighted by Crippen LogP contribution is 2.23. The summed E-state index contributed by atoms with van der Waals surface area (Å²) in [5, 5.41) is 9.88. The Hall–Kier alpha value is -1.56. The molecule has 1 atom stereocenters. The largest absolute Gasteiger partial charge is 0.507 e. The normalized spacial score (nSPS) is 21.4. The van der Waals surface area contributed by atoms with Crippen LogP contribution in [0.4, 0.5) is 0 Å². The van der Waals surface area contributed by atoms with Crippen molar-refractivity contribution in [3.05, 3.63) is 23.8 Å². The minimum absolute atomic E-state index is 0.0863. The Morgan fingerprint density at radius 1 is 1.50 bits per heavy atom. The third-order valence-corrected chi connectivity index (χ3v) is 4.86. The van der Waals surface area contributed by atoms with Crippen molar-refractivity contribution in [3.63, 3.8) is 0 Å². The first-order chi connectivity index (χ1) is 9.50. The van der Waals surface area contributed by atoms with Crippen LogP contribution in [0.1, 0.15) is 25.3 Å². The summed E-state index contributed by atoms with van der Waals surface area (Å²) in [6.45, 7) is 2.61. The van der Waals surface area contributed by atoms with Gasteiger partial charge < -0.3 is 9.84 Å². The van der Waals surface area contributed by atoms with Crippen LogP contribution in [-0.2, 0) is 9.84 Å². The van der Waals surface area contributed by atoms with Gasteiger partial charge >= 0.3 is 0 Å². The van der Waals surface area contributed by atoms with Gasteiger partial charge in [-0.15, -0.1) is 0 Å². The molecule has 0 saturated carbocycles. The van der Waals surface area contributed by atoms with Gasteiger partial charge in [-0.05, 0) is 25.0 Å². The van der Waals surface area contributed by atoms with Crippen LogP contribution >= 0.6 is 0 Å². The second-order valence-electron chi connectivity index (χ2n) is 4.90. The third kappa shape index (κ3) is 3.96. The molecular weight excluding hydrogens is 278 g/mol. The Morgan fingerprint density at radius 3 is 2.90 bits per heavy atom. The van der Waals surface area contributed by atoms with E-state index >= 15 is 0 Å². The van der Waals surface area contributed by atoms with Crippen LogP contribution in [0.25, 0.3) is 0 Å². The summed E-state index contributed by atoms with van der Waals surface area (Å²) in [6, 6.07) is 4.83. The maximum atomic E-state index is 11.3. The molecule has 0 spiro atoms. The van der Waals surface area contributed by atoms with E-state index in [9.17, 15) is 13.5 Å². The quantitative estimate of drug-likeness (QED) is 0.841. The van der Waals surface area contributed by atoms with E-state index in [4.69, 9.17) is 4.74 Å². The zero-order valence-electron chi connectivity index (χ0n) is 11.4. The van der Waals surface area contributed by atoms with Crippen molar-refractivity contribution < 1.29 is 18.3 Å². The highest BCUT2D eigenvalue weighted by molar-refractivity contribution is 7.91. The summed E-state index contributed by atoms with van der Waals surface area (Å²) in [6.07, 6.45) is 2.99. The average molecular weight is 297 g/mol. The SMILES string of the molecule is CCCOc1ccc(C=N[C@@H]2CCS(=O)(=O)C2)c(O)c1. The van der Waals surface area contributed by atoms with Crippen LogP contribution in [0.2, 0.25) is 0 Å². The lowest BCUT2D eigenvalue weighted by molar-refractivity contribution is 0.315. The lowest BCUT2D eigenvalue weighted by atomic mass is 10.2. The first kappa shape index (κ1) is 14.8. The van der Waals surface area contributed by atoms with Gasteiger partial charge in [0.1, 0.15) is 11.5 Å². The molecule has 1 heterocycles. The summed E-state index contributed by atoms with van der Waals surface area (Å²) in [4.78, 5) is 4.24. The fraction of sp³-hybridized carbons (Fsp3) is 0.500. The van der Waals surface area contributed by atoms with Crippen LogP contribution in [-0.4, -0.2) is 43.9 Å². The maximum Gasteiger partial charge on any atom is 0.152 e. The average Bonchev–Trinajstić information content (AvgIpc) is 2.75. The van der Waals surface area contributed by atoms with E-state index in [2.05, 4.69) is 4.99 Å². The summed E-state index contributed by atoms with van der Waals surface area (Å²) in [5.41, 5.74) is 0.568. The second-order valence-corrected chi connectivity index (χ2v) is 7.13. The van der Waals surface area contributed by atoms with Crippen molar-refractivity contribution in [1.29, 1.82) is 0 Å². The molecule has 20 heavy (non-hydrogen) atoms. The van der Waals surface area contributed by atoms with Gasteiger partial charge in [-0.3, -0.25) is 4.99 Å². The fourth-order valence-corrected chi connectivity index (χ4v) is 3.66. The van der Waals surface area contributed by atoms with Crippen LogP contribution in [0, 0.1) is 0 Å². The zero-order chi connectivity index (χ0) is 14.6. The maximum absolute atomic E-state index is 11.3. The lowest BCUT2D eigenvalue weighted by Gasteiger charge is -2.06. The van der Waals surface area contributed by atoms with Crippen LogP contribution in [0.5, 0.6) is 11.5 Å². The molecule has 1 aromatic carbocycles. The molecule has 0 aliphatic carbocycles. The molecule has 6 heteroatoms. The summed E-state index contributed by atoms with van der Waals surface area (Å²) >= 11 is 0. The van der Waals surface area contributed by atoms with Gasteiger partial charge in [-0.1, -0.05) is 6.92 Å². The van der Waals surface area contributed by atoms with E-state index in [1.54, 1.807) is 18.2 Å². The topological polar surface area (TPSA) is 76.0 Å². The molecule has 110 valence electrons. The molecular formula is C14H19NO4S. The lowest BCUT2D eigenvalue weighted by Crippen LogP contribution is -2.07. The molecule has 1 N–H and O–H groups in total. The van der Waals surface area contributed by atoms with Crippen LogP contribution < -0.4 is 4.74 Å². The molecule has 1 fully saturated rings. The summed E-state index contributed by atoms with van der Waals surface area (Å²) in [7, 11) is -2.92. The zero-order valence-corrected chi connectivity index (χ0v) is 12.3. The Bertz CT molecular complexity index is 595. The number of hydrogen-bond acceptors (Lipinski definition) is 5. The molecule has 0 amide bonds. The number of hydrogen-bond donors (Lipinski definition) is 1. The van der Waals surface area contributed by atoms with E-state index in [0.29, 0.717) is 24.3 Å². The van der Waals surface area contributed by atoms with Crippen LogP contribution in [0.3, 0.4) is 0 Å². The number of sulfone groups is 1. The first-order valence-corrected chi connectivity index (χ1v) is 8.52. The van der Waals surface area contributed by atoms with E-state index < -0.39 is 9.84 Å². The van der Waals surface area contributed by atoms with Crippen molar-refractivity contribution in [1.82, 2.24) is 0 Å². The molecule has 1 saturated heterocycles. The first-order valence-electron chi connectivity index (χ1n) is 6.69. The van der Waals surface area contributed by atoms with Gasteiger partial charge in [-0.25, -0.2) is 8.42 Å². The van der Waals surface area contributed by atoms with E-state index in [-0.39, 0.29) is 23.3 Å². The smallest absolute Gasteiger partial charge is 0.152 e. The van der Waals surface area contributed by atoms with Gasteiger partial charge in [-0.2, -0.15) is 0 Å². The number of rotatable bonds is 5. The standard InChI is InChI=1S/C14H19NO4S/c1-2-6-19-13-4-3-11(14(16)8-13)9-15-12-5-7-20(17,18)10-12/h3-4,8-9,12,16H,2,5-7,10H2,1H3/t12-/m1/s1. The molecule has 0 bridgehead atoms. The number of phenols is 1. The minimum Gasteiger partial charge on any atom is -0.507 e. The van der Waals surface area contributed by atoms with Gasteiger partial charge in [0.15, 0.2) is 9.84 Å². The highest BCUT2D eigenvalue weighted by atomic mass is 32.2. The molecule has 5 nitrogen and oxygen atoms in total. The number of aliphatic imine (C=N–C) groups is 1. The summed E-state index contributed by atoms with van der Waals surface area (Å²) < 4.78 is 28.1. The molecule has 1 aromatic rings. The van der Waals surface area contributed by atoms with Crippen molar-refractivity contribution in [3.8, 4) is 11.5 Å². The Labute approximate surface area is 119 Å². The molecule has 0 radical (unpaired) electrons. The van der Waals surface area contributed by atoms with E-state index in [1.807, 2.05) is 6.92 Å². The van der Waals surface area contributed by atoms with Crippen molar-refractivity contribution in [2.45, 2.75) is 25.8 Å². The number of nitrogens with zero attached hydrogens (tertiary/aromatic N) is 1. The monoisotopic (exact) mass is 297 g/mol. The van der Waals surface area contributed by atoms with Crippen LogP contribution in [0.15, 0.2) is 23.2 Å². The van der Waals surface area contributed by atoms with E-state index in [1.165, 1.54) is 6.21 Å². The van der Waals surface area contributed by atoms with Gasteiger partial charge in [0, 0.05) is 17.8 Å². The summed E-state index contributed by atoms with van der Waals surface area (Å²) in [5.74, 6) is 1.00. The second kappa shape index (κ2) is 6.26. The Kier molecular flexibility index (Phi) is 4.65. The predicted molar refractivity (Wildman–Crippen MR) is 78.5 cm³/mol. The van der Waals surface area contributed by atoms with E-state index in [0.717, 1.165) is 6.42 Å². The van der Waals surface area contributed by atoms with Crippen molar-refractivity contribution >= 4 is 16.1 Å². The Balaban J connectivity index is 2.03. The molecule has 2 rings (SSSR count). The Morgan fingerprint density at radius 2 is 2.30 bits per heavy atom. The van der Waals surface area contributed by atoms with Gasteiger partial charge in [0.2, 0.25) is 0 Å². The van der Waals surface area contributed by atoms with Crippen molar-refractivity contribution in [2.75, 3.05) is 18.1 Å². The van der Waals surface area contributed by atoms with Gasteiger partial charge in [0.25, 0.3) is 0 Å². The number of phenolic OH excluding ortho intramolecular Hbond substituents is 1. The highest BCUT2D eigenvalue weighted by Gasteiger charge is 2.26. The molecule has 0 unspecified atom stereocenters. The molecule has 1 aliphatic heterocycles. The number of benzene rings is 1. The molecule has 0 aromatic heterocycles. The third-order valence-electron chi connectivity index (χ3n) is 3.11. The molecule has 1 aliphatic rings. The fourth-order valence-electron chi connectivity index (χ4n) is 2.02. The number of aromatic hydroxyl groups is 1. The minimum atomic E-state index is -2.92. The van der Waals surface area contributed by atoms with Crippen molar-refractivity contribution in [2.24, 2.45) is 4.99 Å². The predicted octanol–water partition coefficient (Wildman–Crippen LogP) is 1.79. The number of ether oxygens (including phenoxy) is 1. The van der Waals surface area contributed by atoms with Gasteiger partial charge in [0.05, 0.1) is 24.2 Å².